The highest BCUT2D eigenvalue weighted by molar-refractivity contribution is 5.98. The number of aliphatic hydroxyl groups is 1. The van der Waals surface area contributed by atoms with E-state index >= 15 is 0 Å². The van der Waals surface area contributed by atoms with E-state index in [-0.39, 0.29) is 30.6 Å². The van der Waals surface area contributed by atoms with E-state index in [1.807, 2.05) is 75.4 Å². The van der Waals surface area contributed by atoms with Gasteiger partial charge in [-0.3, -0.25) is 19.3 Å². The van der Waals surface area contributed by atoms with Crippen molar-refractivity contribution in [2.75, 3.05) is 13.1 Å². The molecule has 0 bridgehead atoms. The number of hydrogen-bond acceptors (Lipinski definition) is 7. The number of rotatable bonds is 11. The minimum Gasteiger partial charge on any atom is -0.390 e. The molecule has 3 aromatic rings. The smallest absolute Gasteiger partial charge is 0.270 e. The SMILES string of the molecule is CC(C)(C)NC(=O)[C@@H]1C[C@@H]2CCCC[C@@H]2CN1C[C@@H](O)[C@H](Cc1ccccc1)NC(=O)[C@H](CC#N)NC(=O)c1ccc2ccccc2n1. The maximum absolute atomic E-state index is 13.7. The first kappa shape index (κ1) is 35.0. The summed E-state index contributed by atoms with van der Waals surface area (Å²) in [6.45, 7) is 6.80. The molecule has 254 valence electrons. The quantitative estimate of drug-likeness (QED) is 0.244. The van der Waals surface area contributed by atoms with Crippen LogP contribution in [-0.4, -0.2) is 75.6 Å². The Morgan fingerprint density at radius 3 is 2.42 bits per heavy atom. The van der Waals surface area contributed by atoms with Crippen LogP contribution >= 0.6 is 0 Å². The second-order valence-electron chi connectivity index (χ2n) is 14.4. The molecule has 10 nitrogen and oxygen atoms in total. The average Bonchev–Trinajstić information content (AvgIpc) is 3.06. The molecule has 2 heterocycles. The fourth-order valence-electron chi connectivity index (χ4n) is 7.15. The molecule has 1 saturated heterocycles. The Labute approximate surface area is 283 Å². The van der Waals surface area contributed by atoms with E-state index in [2.05, 4.69) is 25.8 Å². The summed E-state index contributed by atoms with van der Waals surface area (Å²) in [7, 11) is 0. The molecule has 1 aromatic heterocycles. The van der Waals surface area contributed by atoms with Gasteiger partial charge in [0, 0.05) is 24.0 Å². The van der Waals surface area contributed by atoms with Crippen LogP contribution < -0.4 is 16.0 Å². The molecular formula is C38H48N6O4. The van der Waals surface area contributed by atoms with Crippen molar-refractivity contribution < 1.29 is 19.5 Å². The monoisotopic (exact) mass is 652 g/mol. The third-order valence-electron chi connectivity index (χ3n) is 9.56. The third-order valence-corrected chi connectivity index (χ3v) is 9.56. The van der Waals surface area contributed by atoms with Gasteiger partial charge in [-0.1, -0.05) is 73.9 Å². The number of benzene rings is 2. The Kier molecular flexibility index (Phi) is 11.5. The molecule has 1 saturated carbocycles. The van der Waals surface area contributed by atoms with Crippen molar-refractivity contribution in [1.82, 2.24) is 25.8 Å². The number of para-hydroxylation sites is 1. The predicted molar refractivity (Wildman–Crippen MR) is 185 cm³/mol. The van der Waals surface area contributed by atoms with Gasteiger partial charge in [0.1, 0.15) is 11.7 Å². The average molecular weight is 653 g/mol. The summed E-state index contributed by atoms with van der Waals surface area (Å²) in [5, 5.41) is 31.1. The van der Waals surface area contributed by atoms with Crippen LogP contribution in [0.25, 0.3) is 10.9 Å². The molecule has 2 fully saturated rings. The molecule has 0 spiro atoms. The molecule has 1 aliphatic heterocycles. The van der Waals surface area contributed by atoms with E-state index in [4.69, 9.17) is 0 Å². The number of β-amino-alcohol motifs (C(OH)–C–C–N with tert-alkyl or cyclic N) is 1. The first-order chi connectivity index (χ1) is 23.0. The zero-order chi connectivity index (χ0) is 34.3. The van der Waals surface area contributed by atoms with Gasteiger partial charge in [-0.05, 0) is 69.6 Å². The van der Waals surface area contributed by atoms with Gasteiger partial charge in [-0.2, -0.15) is 5.26 Å². The molecule has 48 heavy (non-hydrogen) atoms. The van der Waals surface area contributed by atoms with Crippen LogP contribution in [0.4, 0.5) is 0 Å². The van der Waals surface area contributed by atoms with Crippen molar-refractivity contribution in [1.29, 1.82) is 5.26 Å². The highest BCUT2D eigenvalue weighted by Gasteiger charge is 2.42. The van der Waals surface area contributed by atoms with Gasteiger partial charge in [0.05, 0.1) is 36.2 Å². The second-order valence-corrected chi connectivity index (χ2v) is 14.4. The predicted octanol–water partition coefficient (Wildman–Crippen LogP) is 4.13. The van der Waals surface area contributed by atoms with Crippen LogP contribution in [0.3, 0.4) is 0 Å². The summed E-state index contributed by atoms with van der Waals surface area (Å²) in [4.78, 5) is 47.1. The fraction of sp³-hybridized carbons (Fsp3) is 0.500. The lowest BCUT2D eigenvalue weighted by atomic mass is 9.72. The Morgan fingerprint density at radius 1 is 0.979 bits per heavy atom. The summed E-state index contributed by atoms with van der Waals surface area (Å²) >= 11 is 0. The van der Waals surface area contributed by atoms with Gasteiger partial charge in [0.25, 0.3) is 5.91 Å². The lowest BCUT2D eigenvalue weighted by molar-refractivity contribution is -0.133. The number of carbonyl (C=O) groups excluding carboxylic acids is 3. The van der Waals surface area contributed by atoms with Gasteiger partial charge < -0.3 is 21.1 Å². The van der Waals surface area contributed by atoms with Crippen LogP contribution in [0.1, 0.15) is 75.3 Å². The molecule has 4 N–H and O–H groups in total. The van der Waals surface area contributed by atoms with Crippen molar-refractivity contribution in [2.24, 2.45) is 11.8 Å². The number of likely N-dealkylation sites (tertiary alicyclic amines) is 1. The minimum absolute atomic E-state index is 0.0403. The lowest BCUT2D eigenvalue weighted by Gasteiger charge is -2.47. The van der Waals surface area contributed by atoms with Crippen molar-refractivity contribution in [3.8, 4) is 6.07 Å². The largest absolute Gasteiger partial charge is 0.390 e. The number of nitrogens with zero attached hydrogens (tertiary/aromatic N) is 3. The number of aromatic nitrogens is 1. The van der Waals surface area contributed by atoms with Crippen LogP contribution in [0.2, 0.25) is 0 Å². The van der Waals surface area contributed by atoms with Crippen molar-refractivity contribution >= 4 is 28.6 Å². The first-order valence-corrected chi connectivity index (χ1v) is 17.1. The number of hydrogen-bond donors (Lipinski definition) is 4. The van der Waals surface area contributed by atoms with Crippen molar-refractivity contribution in [2.45, 2.75) is 95.5 Å². The maximum atomic E-state index is 13.7. The normalized spacial score (nSPS) is 21.6. The number of aliphatic hydroxyl groups excluding tert-OH is 1. The number of carbonyl (C=O) groups is 3. The number of nitrogens with one attached hydrogen (secondary N) is 3. The second kappa shape index (κ2) is 15.7. The number of fused-ring (bicyclic) bond motifs is 2. The maximum Gasteiger partial charge on any atom is 0.270 e. The number of amides is 3. The van der Waals surface area contributed by atoms with Gasteiger partial charge in [-0.25, -0.2) is 4.98 Å². The zero-order valence-corrected chi connectivity index (χ0v) is 28.2. The van der Waals surface area contributed by atoms with Gasteiger partial charge in [-0.15, -0.1) is 0 Å². The Morgan fingerprint density at radius 2 is 1.69 bits per heavy atom. The molecule has 0 unspecified atom stereocenters. The van der Waals surface area contributed by atoms with E-state index in [1.54, 1.807) is 18.2 Å². The van der Waals surface area contributed by atoms with Crippen molar-refractivity contribution in [3.05, 3.63) is 78.0 Å². The molecule has 6 atom stereocenters. The zero-order valence-electron chi connectivity index (χ0n) is 28.2. The Balaban J connectivity index is 1.34. The molecular weight excluding hydrogens is 604 g/mol. The van der Waals surface area contributed by atoms with Crippen LogP contribution in [0.15, 0.2) is 66.7 Å². The summed E-state index contributed by atoms with van der Waals surface area (Å²) in [6, 6.07) is 20.1. The summed E-state index contributed by atoms with van der Waals surface area (Å²) < 4.78 is 0. The molecule has 1 aliphatic carbocycles. The minimum atomic E-state index is -1.16. The standard InChI is InChI=1S/C38H48N6O4/c1-38(2,3)43-37(48)33-22-27-14-7-8-15-28(27)23-44(33)24-34(45)32(21-25-11-5-4-6-12-25)42-36(47)31(19-20-39)41-35(46)30-18-17-26-13-9-10-16-29(26)40-30/h4-6,9-13,16-18,27-28,31-34,45H,7-8,14-15,19,21-24H2,1-3H3,(H,41,46)(H,42,47)(H,43,48)/t27-,28+,31-,32-,33-,34+/m0/s1. The molecule has 3 amide bonds. The Bertz CT molecular complexity index is 1620. The van der Waals surface area contributed by atoms with Crippen molar-refractivity contribution in [3.63, 3.8) is 0 Å². The van der Waals surface area contributed by atoms with Gasteiger partial charge in [0.2, 0.25) is 11.8 Å². The molecule has 0 radical (unpaired) electrons. The summed E-state index contributed by atoms with van der Waals surface area (Å²) in [5.41, 5.74) is 1.30. The van der Waals surface area contributed by atoms with Gasteiger partial charge in [0.15, 0.2) is 0 Å². The number of piperidine rings is 1. The van der Waals surface area contributed by atoms with E-state index in [1.165, 1.54) is 12.8 Å². The lowest BCUT2D eigenvalue weighted by Crippen LogP contribution is -2.61. The topological polar surface area (TPSA) is 147 Å². The van der Waals surface area contributed by atoms with E-state index in [9.17, 15) is 24.8 Å². The van der Waals surface area contributed by atoms with E-state index in [0.29, 0.717) is 30.3 Å². The van der Waals surface area contributed by atoms with Crippen LogP contribution in [-0.2, 0) is 16.0 Å². The fourth-order valence-corrected chi connectivity index (χ4v) is 7.15. The summed E-state index contributed by atoms with van der Waals surface area (Å²) in [5.74, 6) is -0.236. The highest BCUT2D eigenvalue weighted by atomic mass is 16.3. The third kappa shape index (κ3) is 9.18. The first-order valence-electron chi connectivity index (χ1n) is 17.1. The molecule has 2 aromatic carbocycles. The van der Waals surface area contributed by atoms with Crippen LogP contribution in [0.5, 0.6) is 0 Å². The molecule has 2 aliphatic rings. The molecule has 10 heteroatoms. The molecule has 5 rings (SSSR count). The van der Waals surface area contributed by atoms with Gasteiger partial charge >= 0.3 is 0 Å². The number of nitriles is 1. The van der Waals surface area contributed by atoms with Crippen LogP contribution in [0, 0.1) is 23.2 Å². The number of pyridine rings is 1. The summed E-state index contributed by atoms with van der Waals surface area (Å²) in [6.07, 6.45) is 4.36. The highest BCUT2D eigenvalue weighted by Crippen LogP contribution is 2.39. The Hall–Kier alpha value is -4.33. The van der Waals surface area contributed by atoms with E-state index < -0.39 is 35.5 Å². The van der Waals surface area contributed by atoms with E-state index in [0.717, 1.165) is 30.2 Å².